The molecule has 2 N–H and O–H groups in total. The molecule has 0 saturated carbocycles. The highest BCUT2D eigenvalue weighted by Crippen LogP contribution is 2.18. The van der Waals surface area contributed by atoms with Crippen molar-refractivity contribution >= 4 is 17.3 Å². The maximum atomic E-state index is 5.82. The van der Waals surface area contributed by atoms with Gasteiger partial charge in [0.2, 0.25) is 0 Å². The number of nitrogens with zero attached hydrogens (tertiary/aromatic N) is 1. The van der Waals surface area contributed by atoms with Gasteiger partial charge in [0.1, 0.15) is 5.15 Å². The second-order valence-electron chi connectivity index (χ2n) is 2.62. The molecule has 0 aliphatic carbocycles. The number of aromatic nitrogens is 1. The summed E-state index contributed by atoms with van der Waals surface area (Å²) in [5, 5.41) is 0.515. The van der Waals surface area contributed by atoms with Gasteiger partial charge in [-0.25, -0.2) is 4.98 Å². The van der Waals surface area contributed by atoms with Crippen LogP contribution in [-0.4, -0.2) is 4.98 Å². The van der Waals surface area contributed by atoms with Gasteiger partial charge in [-0.3, -0.25) is 0 Å². The van der Waals surface area contributed by atoms with Crippen LogP contribution < -0.4 is 5.73 Å². The predicted octanol–water partition coefficient (Wildman–Crippen LogP) is 2.35. The van der Waals surface area contributed by atoms with Gasteiger partial charge in [0.05, 0.1) is 11.4 Å². The lowest BCUT2D eigenvalue weighted by Gasteiger charge is -2.04. The van der Waals surface area contributed by atoms with E-state index in [-0.39, 0.29) is 0 Å². The zero-order valence-electron chi connectivity index (χ0n) is 6.97. The third-order valence-corrected chi connectivity index (χ3v) is 1.98. The van der Waals surface area contributed by atoms with Crippen LogP contribution in [0.15, 0.2) is 18.7 Å². The van der Waals surface area contributed by atoms with Crippen LogP contribution in [0.3, 0.4) is 0 Å². The summed E-state index contributed by atoms with van der Waals surface area (Å²) in [6, 6.07) is 1.83. The number of rotatable bonds is 2. The molecule has 1 rings (SSSR count). The Morgan fingerprint density at radius 3 is 3.00 bits per heavy atom. The number of pyridine rings is 1. The molecule has 12 heavy (non-hydrogen) atoms. The second-order valence-corrected chi connectivity index (χ2v) is 2.98. The third kappa shape index (κ3) is 1.77. The molecular formula is C9H11ClN2. The molecular weight excluding hydrogens is 172 g/mol. The van der Waals surface area contributed by atoms with Crippen molar-refractivity contribution in [3.8, 4) is 0 Å². The first-order valence-corrected chi connectivity index (χ1v) is 4.05. The Morgan fingerprint density at radius 1 is 1.75 bits per heavy atom. The topological polar surface area (TPSA) is 38.9 Å². The molecule has 0 saturated heterocycles. The summed E-state index contributed by atoms with van der Waals surface area (Å²) in [6.07, 6.45) is 2.41. The molecule has 2 nitrogen and oxygen atoms in total. The molecule has 0 aromatic carbocycles. The molecule has 0 radical (unpaired) electrons. The van der Waals surface area contributed by atoms with Crippen molar-refractivity contribution in [2.24, 2.45) is 0 Å². The Kier molecular flexibility index (Phi) is 2.71. The van der Waals surface area contributed by atoms with Crippen LogP contribution >= 0.6 is 11.6 Å². The van der Waals surface area contributed by atoms with Crippen LogP contribution in [0.2, 0.25) is 5.15 Å². The quantitative estimate of drug-likeness (QED) is 0.564. The average molecular weight is 183 g/mol. The number of nitrogen functional groups attached to an aromatic ring is 1. The van der Waals surface area contributed by atoms with Crippen LogP contribution in [0.5, 0.6) is 0 Å². The van der Waals surface area contributed by atoms with E-state index in [2.05, 4.69) is 11.6 Å². The zero-order chi connectivity index (χ0) is 9.14. The first-order valence-electron chi connectivity index (χ1n) is 3.67. The Labute approximate surface area is 77.1 Å². The van der Waals surface area contributed by atoms with Crippen LogP contribution in [0.25, 0.3) is 0 Å². The molecule has 1 aromatic heterocycles. The van der Waals surface area contributed by atoms with Gasteiger partial charge in [-0.15, -0.1) is 6.58 Å². The molecule has 0 spiro atoms. The van der Waals surface area contributed by atoms with E-state index in [1.54, 1.807) is 6.08 Å². The van der Waals surface area contributed by atoms with E-state index in [4.69, 9.17) is 17.3 Å². The summed E-state index contributed by atoms with van der Waals surface area (Å²) in [7, 11) is 0. The summed E-state index contributed by atoms with van der Waals surface area (Å²) in [5.74, 6) is 0. The van der Waals surface area contributed by atoms with Gasteiger partial charge in [0.25, 0.3) is 0 Å². The largest absolute Gasteiger partial charge is 0.397 e. The van der Waals surface area contributed by atoms with Gasteiger partial charge in [-0.2, -0.15) is 0 Å². The van der Waals surface area contributed by atoms with Crippen molar-refractivity contribution in [3.05, 3.63) is 35.1 Å². The van der Waals surface area contributed by atoms with E-state index in [0.29, 0.717) is 17.3 Å². The van der Waals surface area contributed by atoms with E-state index in [0.717, 1.165) is 11.3 Å². The highest BCUT2D eigenvalue weighted by atomic mass is 35.5. The number of aryl methyl sites for hydroxylation is 1. The third-order valence-electron chi connectivity index (χ3n) is 1.60. The van der Waals surface area contributed by atoms with Gasteiger partial charge < -0.3 is 5.73 Å². The van der Waals surface area contributed by atoms with Crippen LogP contribution in [-0.2, 0) is 6.42 Å². The minimum Gasteiger partial charge on any atom is -0.397 e. The molecule has 0 aliphatic heterocycles. The van der Waals surface area contributed by atoms with Crippen LogP contribution in [0.1, 0.15) is 11.3 Å². The minimum absolute atomic E-state index is 0.515. The molecule has 0 unspecified atom stereocenters. The Hall–Kier alpha value is -1.02. The van der Waals surface area contributed by atoms with Gasteiger partial charge in [-0.1, -0.05) is 17.7 Å². The van der Waals surface area contributed by atoms with E-state index in [1.807, 2.05) is 13.0 Å². The summed E-state index contributed by atoms with van der Waals surface area (Å²) < 4.78 is 0. The number of allylic oxidation sites excluding steroid dienone is 1. The Bertz CT molecular complexity index is 308. The highest BCUT2D eigenvalue weighted by Gasteiger charge is 2.03. The maximum Gasteiger partial charge on any atom is 0.132 e. The number of nitrogens with two attached hydrogens (primary N) is 1. The summed E-state index contributed by atoms with van der Waals surface area (Å²) in [6.45, 7) is 5.49. The minimum atomic E-state index is 0.515. The van der Waals surface area contributed by atoms with Gasteiger partial charge >= 0.3 is 0 Å². The lowest BCUT2D eigenvalue weighted by atomic mass is 10.2. The van der Waals surface area contributed by atoms with Gasteiger partial charge in [0.15, 0.2) is 0 Å². The van der Waals surface area contributed by atoms with E-state index in [1.165, 1.54) is 0 Å². The van der Waals surface area contributed by atoms with E-state index in [9.17, 15) is 0 Å². The van der Waals surface area contributed by atoms with E-state index >= 15 is 0 Å². The molecule has 0 aliphatic rings. The first kappa shape index (κ1) is 9.07. The normalized spacial score (nSPS) is 9.83. The summed E-state index contributed by atoms with van der Waals surface area (Å²) in [5.41, 5.74) is 8.08. The molecule has 3 heteroatoms. The fraction of sp³-hybridized carbons (Fsp3) is 0.222. The Morgan fingerprint density at radius 2 is 2.42 bits per heavy atom. The molecule has 0 bridgehead atoms. The van der Waals surface area contributed by atoms with Crippen LogP contribution in [0, 0.1) is 6.92 Å². The molecule has 1 heterocycles. The van der Waals surface area contributed by atoms with Crippen molar-refractivity contribution in [3.63, 3.8) is 0 Å². The molecule has 64 valence electrons. The fourth-order valence-corrected chi connectivity index (χ4v) is 1.10. The average Bonchev–Trinajstić information content (AvgIpc) is 2.01. The zero-order valence-corrected chi connectivity index (χ0v) is 7.73. The standard InChI is InChI=1S/C9H11ClN2/c1-3-4-8-7(11)5-6(2)9(10)12-8/h3,5H,1,4,11H2,2H3. The number of hydrogen-bond donors (Lipinski definition) is 1. The second kappa shape index (κ2) is 3.59. The van der Waals surface area contributed by atoms with E-state index < -0.39 is 0 Å². The monoisotopic (exact) mass is 182 g/mol. The molecule has 0 amide bonds. The van der Waals surface area contributed by atoms with Crippen molar-refractivity contribution in [1.82, 2.24) is 4.98 Å². The van der Waals surface area contributed by atoms with Gasteiger partial charge in [-0.05, 0) is 18.6 Å². The predicted molar refractivity (Wildman–Crippen MR) is 52.3 cm³/mol. The number of anilines is 1. The first-order chi connectivity index (χ1) is 5.65. The fourth-order valence-electron chi connectivity index (χ4n) is 0.948. The maximum absolute atomic E-state index is 5.82. The number of halogens is 1. The van der Waals surface area contributed by atoms with Crippen molar-refractivity contribution in [1.29, 1.82) is 0 Å². The molecule has 0 atom stereocenters. The lowest BCUT2D eigenvalue weighted by Crippen LogP contribution is -1.98. The smallest absolute Gasteiger partial charge is 0.132 e. The van der Waals surface area contributed by atoms with Crippen molar-refractivity contribution < 1.29 is 0 Å². The van der Waals surface area contributed by atoms with Crippen LogP contribution in [0.4, 0.5) is 5.69 Å². The van der Waals surface area contributed by atoms with Crippen molar-refractivity contribution in [2.75, 3.05) is 5.73 Å². The molecule has 0 fully saturated rings. The number of hydrogen-bond acceptors (Lipinski definition) is 2. The lowest BCUT2D eigenvalue weighted by molar-refractivity contribution is 1.10. The Balaban J connectivity index is 3.13. The van der Waals surface area contributed by atoms with Gasteiger partial charge in [0, 0.05) is 6.42 Å². The summed E-state index contributed by atoms with van der Waals surface area (Å²) >= 11 is 5.82. The molecule has 1 aromatic rings. The SMILES string of the molecule is C=CCc1nc(Cl)c(C)cc1N. The summed E-state index contributed by atoms with van der Waals surface area (Å²) in [4.78, 5) is 4.13. The highest BCUT2D eigenvalue weighted by molar-refractivity contribution is 6.30. The van der Waals surface area contributed by atoms with Crippen molar-refractivity contribution in [2.45, 2.75) is 13.3 Å².